The molecule has 1 fully saturated rings. The summed E-state index contributed by atoms with van der Waals surface area (Å²) < 4.78 is 37.6. The van der Waals surface area contributed by atoms with Gasteiger partial charge in [-0.15, -0.1) is 11.3 Å². The van der Waals surface area contributed by atoms with E-state index in [-0.39, 0.29) is 17.7 Å². The van der Waals surface area contributed by atoms with E-state index >= 15 is 0 Å². The van der Waals surface area contributed by atoms with Crippen LogP contribution in [0.2, 0.25) is 0 Å². The second-order valence-corrected chi connectivity index (χ2v) is 6.72. The van der Waals surface area contributed by atoms with Crippen molar-refractivity contribution < 1.29 is 18.0 Å². The van der Waals surface area contributed by atoms with Gasteiger partial charge in [-0.1, -0.05) is 18.2 Å². The van der Waals surface area contributed by atoms with E-state index < -0.39 is 11.7 Å². The zero-order valence-electron chi connectivity index (χ0n) is 12.3. The third-order valence-corrected chi connectivity index (χ3v) is 4.98. The highest BCUT2D eigenvalue weighted by Gasteiger charge is 2.44. The van der Waals surface area contributed by atoms with Gasteiger partial charge in [0.05, 0.1) is 5.56 Å². The fourth-order valence-electron chi connectivity index (χ4n) is 2.67. The average Bonchev–Trinajstić information content (AvgIpc) is 3.15. The van der Waals surface area contributed by atoms with Gasteiger partial charge in [-0.05, 0) is 47.9 Å². The Labute approximate surface area is 136 Å². The molecule has 1 N–H and O–H groups in total. The minimum Gasteiger partial charge on any atom is -0.355 e. The summed E-state index contributed by atoms with van der Waals surface area (Å²) in [5, 5.41) is 4.90. The van der Waals surface area contributed by atoms with E-state index in [1.165, 1.54) is 17.0 Å². The van der Waals surface area contributed by atoms with Gasteiger partial charge in [-0.3, -0.25) is 4.79 Å². The topological polar surface area (TPSA) is 29.1 Å². The number of thiophene rings is 1. The molecule has 1 aromatic carbocycles. The minimum atomic E-state index is -4.32. The van der Waals surface area contributed by atoms with Crippen molar-refractivity contribution in [3.05, 3.63) is 57.8 Å². The van der Waals surface area contributed by atoms with E-state index in [0.717, 1.165) is 24.1 Å². The van der Waals surface area contributed by atoms with Gasteiger partial charge < -0.3 is 5.32 Å². The van der Waals surface area contributed by atoms with Crippen molar-refractivity contribution in [1.29, 1.82) is 0 Å². The van der Waals surface area contributed by atoms with Crippen LogP contribution in [-0.4, -0.2) is 12.5 Å². The first-order chi connectivity index (χ1) is 10.9. The van der Waals surface area contributed by atoms with Crippen molar-refractivity contribution in [3.8, 4) is 0 Å². The number of rotatable bonds is 5. The molecule has 0 saturated heterocycles. The maximum atomic E-state index is 12.5. The first-order valence-corrected chi connectivity index (χ1v) is 8.30. The third-order valence-electron chi connectivity index (χ3n) is 4.04. The molecule has 0 bridgehead atoms. The van der Waals surface area contributed by atoms with Crippen LogP contribution >= 0.6 is 11.3 Å². The standard InChI is InChI=1S/C17H16F3NOS/c18-17(19,20)12-5-3-11(4-6-12)14-10-15(14)16(22)21-8-7-13-2-1-9-23-13/h1-6,9,14-15H,7-8,10H2,(H,21,22)/t14-,15+/m0/s1. The lowest BCUT2D eigenvalue weighted by molar-refractivity contribution is -0.137. The Balaban J connectivity index is 1.49. The fourth-order valence-corrected chi connectivity index (χ4v) is 3.38. The zero-order valence-corrected chi connectivity index (χ0v) is 13.1. The van der Waals surface area contributed by atoms with Crippen molar-refractivity contribution in [2.24, 2.45) is 5.92 Å². The maximum absolute atomic E-state index is 12.5. The van der Waals surface area contributed by atoms with Gasteiger partial charge in [0, 0.05) is 17.3 Å². The summed E-state index contributed by atoms with van der Waals surface area (Å²) in [5.41, 5.74) is 0.148. The summed E-state index contributed by atoms with van der Waals surface area (Å²) in [4.78, 5) is 13.3. The molecule has 2 nitrogen and oxygen atoms in total. The summed E-state index contributed by atoms with van der Waals surface area (Å²) in [6, 6.07) is 9.12. The van der Waals surface area contributed by atoms with E-state index in [1.807, 2.05) is 17.5 Å². The number of carbonyl (C=O) groups excluding carboxylic acids is 1. The van der Waals surface area contributed by atoms with Crippen LogP contribution in [0.4, 0.5) is 13.2 Å². The number of halogens is 3. The number of amides is 1. The van der Waals surface area contributed by atoms with Gasteiger partial charge >= 0.3 is 6.18 Å². The van der Waals surface area contributed by atoms with Crippen molar-refractivity contribution in [2.45, 2.75) is 24.9 Å². The molecule has 1 aliphatic carbocycles. The maximum Gasteiger partial charge on any atom is 0.416 e. The van der Waals surface area contributed by atoms with Crippen LogP contribution in [0.15, 0.2) is 41.8 Å². The highest BCUT2D eigenvalue weighted by Crippen LogP contribution is 2.47. The summed E-state index contributed by atoms with van der Waals surface area (Å²) in [6.07, 6.45) is -2.81. The van der Waals surface area contributed by atoms with Crippen molar-refractivity contribution in [2.75, 3.05) is 6.54 Å². The molecule has 122 valence electrons. The van der Waals surface area contributed by atoms with Gasteiger partial charge in [0.2, 0.25) is 5.91 Å². The number of hydrogen-bond donors (Lipinski definition) is 1. The Bertz CT molecular complexity index is 664. The Hall–Kier alpha value is -1.82. The molecule has 0 radical (unpaired) electrons. The van der Waals surface area contributed by atoms with Gasteiger partial charge in [0.25, 0.3) is 0 Å². The average molecular weight is 339 g/mol. The predicted molar refractivity (Wildman–Crippen MR) is 83.3 cm³/mol. The number of alkyl halides is 3. The summed E-state index contributed by atoms with van der Waals surface area (Å²) >= 11 is 1.66. The molecule has 1 aliphatic rings. The summed E-state index contributed by atoms with van der Waals surface area (Å²) in [5.74, 6) is -0.0828. The Kier molecular flexibility index (Phi) is 4.43. The van der Waals surface area contributed by atoms with E-state index in [0.29, 0.717) is 13.0 Å². The first-order valence-electron chi connectivity index (χ1n) is 7.42. The molecular weight excluding hydrogens is 323 g/mol. The quantitative estimate of drug-likeness (QED) is 0.868. The molecule has 1 aromatic heterocycles. The molecular formula is C17H16F3NOS. The second kappa shape index (κ2) is 6.35. The van der Waals surface area contributed by atoms with Crippen molar-refractivity contribution in [3.63, 3.8) is 0 Å². The Morgan fingerprint density at radius 1 is 1.22 bits per heavy atom. The lowest BCUT2D eigenvalue weighted by Crippen LogP contribution is -2.27. The van der Waals surface area contributed by atoms with Crippen LogP contribution in [0.5, 0.6) is 0 Å². The number of nitrogens with one attached hydrogen (secondary N) is 1. The molecule has 0 aliphatic heterocycles. The molecule has 23 heavy (non-hydrogen) atoms. The van der Waals surface area contributed by atoms with Crippen molar-refractivity contribution >= 4 is 17.2 Å². The smallest absolute Gasteiger partial charge is 0.355 e. The lowest BCUT2D eigenvalue weighted by atomic mass is 10.1. The second-order valence-electron chi connectivity index (χ2n) is 5.69. The van der Waals surface area contributed by atoms with Crippen LogP contribution in [0.3, 0.4) is 0 Å². The molecule has 0 unspecified atom stereocenters. The monoisotopic (exact) mass is 339 g/mol. The molecule has 3 rings (SSSR count). The van der Waals surface area contributed by atoms with Crippen LogP contribution in [0, 0.1) is 5.92 Å². The molecule has 1 amide bonds. The summed E-state index contributed by atoms with van der Waals surface area (Å²) in [7, 11) is 0. The molecule has 1 heterocycles. The van der Waals surface area contributed by atoms with Crippen molar-refractivity contribution in [1.82, 2.24) is 5.32 Å². The largest absolute Gasteiger partial charge is 0.416 e. The van der Waals surface area contributed by atoms with Crippen LogP contribution in [-0.2, 0) is 17.4 Å². The number of hydrogen-bond acceptors (Lipinski definition) is 2. The molecule has 1 saturated carbocycles. The van der Waals surface area contributed by atoms with E-state index in [9.17, 15) is 18.0 Å². The van der Waals surface area contributed by atoms with Gasteiger partial charge in [0.1, 0.15) is 0 Å². The van der Waals surface area contributed by atoms with Crippen LogP contribution in [0.1, 0.15) is 28.3 Å². The van der Waals surface area contributed by atoms with Crippen LogP contribution < -0.4 is 5.32 Å². The van der Waals surface area contributed by atoms with Gasteiger partial charge in [-0.25, -0.2) is 0 Å². The SMILES string of the molecule is O=C(NCCc1cccs1)[C@@H]1C[C@H]1c1ccc(C(F)(F)F)cc1. The molecule has 6 heteroatoms. The third kappa shape index (κ3) is 3.93. The minimum absolute atomic E-state index is 0.00791. The van der Waals surface area contributed by atoms with E-state index in [1.54, 1.807) is 11.3 Å². The number of benzene rings is 1. The molecule has 2 aromatic rings. The predicted octanol–water partition coefficient (Wildman–Crippen LogP) is 4.23. The highest BCUT2D eigenvalue weighted by molar-refractivity contribution is 7.09. The fraction of sp³-hybridized carbons (Fsp3) is 0.353. The lowest BCUT2D eigenvalue weighted by Gasteiger charge is -2.08. The first kappa shape index (κ1) is 16.1. The Morgan fingerprint density at radius 2 is 1.96 bits per heavy atom. The normalized spacial score (nSPS) is 20.3. The van der Waals surface area contributed by atoms with E-state index in [2.05, 4.69) is 5.32 Å². The highest BCUT2D eigenvalue weighted by atomic mass is 32.1. The number of carbonyl (C=O) groups is 1. The van der Waals surface area contributed by atoms with E-state index in [4.69, 9.17) is 0 Å². The van der Waals surface area contributed by atoms with Crippen LogP contribution in [0.25, 0.3) is 0 Å². The van der Waals surface area contributed by atoms with Gasteiger partial charge in [0.15, 0.2) is 0 Å². The Morgan fingerprint density at radius 3 is 2.57 bits per heavy atom. The summed E-state index contributed by atoms with van der Waals surface area (Å²) in [6.45, 7) is 0.593. The molecule has 0 spiro atoms. The zero-order chi connectivity index (χ0) is 16.4. The molecule has 2 atom stereocenters. The van der Waals surface area contributed by atoms with Gasteiger partial charge in [-0.2, -0.15) is 13.2 Å².